The summed E-state index contributed by atoms with van der Waals surface area (Å²) in [5.41, 5.74) is 7.15. The summed E-state index contributed by atoms with van der Waals surface area (Å²) in [5.74, 6) is 0.701. The first-order chi connectivity index (χ1) is 7.52. The van der Waals surface area contributed by atoms with Crippen molar-refractivity contribution in [1.82, 2.24) is 4.90 Å². The predicted molar refractivity (Wildman–Crippen MR) is 68.2 cm³/mol. The van der Waals surface area contributed by atoms with Crippen LogP contribution in [-0.4, -0.2) is 38.7 Å². The SMILES string of the molecule is COc1ccc(CC(N)CN(C)C)cc1Cl. The summed E-state index contributed by atoms with van der Waals surface area (Å²) in [4.78, 5) is 2.08. The summed E-state index contributed by atoms with van der Waals surface area (Å²) in [6.45, 7) is 0.865. The van der Waals surface area contributed by atoms with Crippen LogP contribution in [0.25, 0.3) is 0 Å². The van der Waals surface area contributed by atoms with Crippen LogP contribution >= 0.6 is 11.6 Å². The summed E-state index contributed by atoms with van der Waals surface area (Å²) < 4.78 is 5.10. The Balaban J connectivity index is 2.64. The number of nitrogens with zero attached hydrogens (tertiary/aromatic N) is 1. The number of rotatable bonds is 5. The first kappa shape index (κ1) is 13.3. The molecular formula is C12H19ClN2O. The zero-order chi connectivity index (χ0) is 12.1. The Hall–Kier alpha value is -0.770. The van der Waals surface area contributed by atoms with Gasteiger partial charge in [0.25, 0.3) is 0 Å². The molecule has 1 unspecified atom stereocenters. The average Bonchev–Trinajstić information content (AvgIpc) is 2.16. The van der Waals surface area contributed by atoms with Crippen molar-refractivity contribution in [2.24, 2.45) is 5.73 Å². The third kappa shape index (κ3) is 4.00. The smallest absolute Gasteiger partial charge is 0.137 e. The molecular weight excluding hydrogens is 224 g/mol. The molecule has 0 aromatic heterocycles. The fraction of sp³-hybridized carbons (Fsp3) is 0.500. The first-order valence-electron chi connectivity index (χ1n) is 5.25. The molecule has 0 fully saturated rings. The molecule has 90 valence electrons. The normalized spacial score (nSPS) is 12.9. The lowest BCUT2D eigenvalue weighted by molar-refractivity contribution is 0.371. The second kappa shape index (κ2) is 6.09. The number of methoxy groups -OCH3 is 1. The number of halogens is 1. The van der Waals surface area contributed by atoms with Gasteiger partial charge in [-0.15, -0.1) is 0 Å². The molecule has 4 heteroatoms. The van der Waals surface area contributed by atoms with Gasteiger partial charge < -0.3 is 15.4 Å². The molecule has 1 aromatic carbocycles. The Bertz CT molecular complexity index is 342. The highest BCUT2D eigenvalue weighted by Gasteiger charge is 2.07. The second-order valence-corrected chi connectivity index (χ2v) is 4.60. The van der Waals surface area contributed by atoms with Gasteiger partial charge in [-0.2, -0.15) is 0 Å². The van der Waals surface area contributed by atoms with Gasteiger partial charge in [0.15, 0.2) is 0 Å². The predicted octanol–water partition coefficient (Wildman–Crippen LogP) is 1.78. The molecule has 0 aliphatic carbocycles. The minimum absolute atomic E-state index is 0.125. The number of likely N-dealkylation sites (N-methyl/N-ethyl adjacent to an activating group) is 1. The number of nitrogens with two attached hydrogens (primary N) is 1. The molecule has 3 nitrogen and oxygen atoms in total. The molecule has 0 heterocycles. The summed E-state index contributed by atoms with van der Waals surface area (Å²) in [5, 5.41) is 0.636. The van der Waals surface area contributed by atoms with Crippen molar-refractivity contribution in [3.63, 3.8) is 0 Å². The first-order valence-corrected chi connectivity index (χ1v) is 5.63. The topological polar surface area (TPSA) is 38.5 Å². The minimum Gasteiger partial charge on any atom is -0.495 e. The van der Waals surface area contributed by atoms with Crippen LogP contribution < -0.4 is 10.5 Å². The standard InChI is InChI=1S/C12H19ClN2O/c1-15(2)8-10(14)6-9-4-5-12(16-3)11(13)7-9/h4-5,7,10H,6,8,14H2,1-3H3. The molecule has 0 saturated carbocycles. The Morgan fingerprint density at radius 3 is 2.62 bits per heavy atom. The van der Waals surface area contributed by atoms with Crippen LogP contribution in [0.4, 0.5) is 0 Å². The van der Waals surface area contributed by atoms with E-state index in [0.717, 1.165) is 18.5 Å². The molecule has 0 bridgehead atoms. The number of hydrogen-bond acceptors (Lipinski definition) is 3. The van der Waals surface area contributed by atoms with Gasteiger partial charge in [-0.3, -0.25) is 0 Å². The molecule has 0 spiro atoms. The Labute approximate surface area is 102 Å². The lowest BCUT2D eigenvalue weighted by Gasteiger charge is -2.17. The molecule has 1 atom stereocenters. The van der Waals surface area contributed by atoms with Crippen LogP contribution in [-0.2, 0) is 6.42 Å². The number of ether oxygens (including phenoxy) is 1. The van der Waals surface area contributed by atoms with Gasteiger partial charge in [-0.05, 0) is 38.2 Å². The zero-order valence-electron chi connectivity index (χ0n) is 10.0. The van der Waals surface area contributed by atoms with E-state index in [0.29, 0.717) is 10.8 Å². The van der Waals surface area contributed by atoms with E-state index in [9.17, 15) is 0 Å². The van der Waals surface area contributed by atoms with Gasteiger partial charge in [0, 0.05) is 12.6 Å². The van der Waals surface area contributed by atoms with Crippen molar-refractivity contribution >= 4 is 11.6 Å². The van der Waals surface area contributed by atoms with E-state index >= 15 is 0 Å². The van der Waals surface area contributed by atoms with Crippen LogP contribution in [0.15, 0.2) is 18.2 Å². The molecule has 2 N–H and O–H groups in total. The fourth-order valence-electron chi connectivity index (χ4n) is 1.67. The maximum atomic E-state index is 6.04. The van der Waals surface area contributed by atoms with E-state index in [-0.39, 0.29) is 6.04 Å². The van der Waals surface area contributed by atoms with Crippen LogP contribution in [0, 0.1) is 0 Å². The van der Waals surface area contributed by atoms with Gasteiger partial charge in [-0.1, -0.05) is 17.7 Å². The van der Waals surface area contributed by atoms with Crippen LogP contribution in [0.2, 0.25) is 5.02 Å². The third-order valence-electron chi connectivity index (χ3n) is 2.31. The fourth-order valence-corrected chi connectivity index (χ4v) is 1.95. The quantitative estimate of drug-likeness (QED) is 0.856. The zero-order valence-corrected chi connectivity index (χ0v) is 10.8. The highest BCUT2D eigenvalue weighted by Crippen LogP contribution is 2.25. The van der Waals surface area contributed by atoms with E-state index in [4.69, 9.17) is 22.1 Å². The van der Waals surface area contributed by atoms with E-state index in [2.05, 4.69) is 4.90 Å². The van der Waals surface area contributed by atoms with E-state index in [1.807, 2.05) is 32.3 Å². The van der Waals surface area contributed by atoms with Gasteiger partial charge in [0.05, 0.1) is 12.1 Å². The highest BCUT2D eigenvalue weighted by atomic mass is 35.5. The Morgan fingerprint density at radius 2 is 2.12 bits per heavy atom. The number of benzene rings is 1. The molecule has 16 heavy (non-hydrogen) atoms. The van der Waals surface area contributed by atoms with Crippen LogP contribution in [0.1, 0.15) is 5.56 Å². The van der Waals surface area contributed by atoms with E-state index in [1.165, 1.54) is 0 Å². The molecule has 0 aliphatic heterocycles. The molecule has 0 saturated heterocycles. The van der Waals surface area contributed by atoms with Crippen molar-refractivity contribution in [3.8, 4) is 5.75 Å². The molecule has 1 rings (SSSR count). The molecule has 0 amide bonds. The summed E-state index contributed by atoms with van der Waals surface area (Å²) in [6.07, 6.45) is 0.821. The van der Waals surface area contributed by atoms with E-state index in [1.54, 1.807) is 7.11 Å². The van der Waals surface area contributed by atoms with Crippen LogP contribution in [0.3, 0.4) is 0 Å². The summed E-state index contributed by atoms with van der Waals surface area (Å²) >= 11 is 6.04. The monoisotopic (exact) mass is 242 g/mol. The van der Waals surface area contributed by atoms with E-state index < -0.39 is 0 Å². The van der Waals surface area contributed by atoms with Gasteiger partial charge >= 0.3 is 0 Å². The van der Waals surface area contributed by atoms with Gasteiger partial charge in [-0.25, -0.2) is 0 Å². The Kier molecular flexibility index (Phi) is 5.06. The van der Waals surface area contributed by atoms with Crippen molar-refractivity contribution in [1.29, 1.82) is 0 Å². The Morgan fingerprint density at radius 1 is 1.44 bits per heavy atom. The minimum atomic E-state index is 0.125. The lowest BCUT2D eigenvalue weighted by atomic mass is 10.1. The maximum Gasteiger partial charge on any atom is 0.137 e. The molecule has 0 radical (unpaired) electrons. The average molecular weight is 243 g/mol. The largest absolute Gasteiger partial charge is 0.495 e. The maximum absolute atomic E-state index is 6.04. The second-order valence-electron chi connectivity index (χ2n) is 4.20. The van der Waals surface area contributed by atoms with Crippen molar-refractivity contribution in [2.75, 3.05) is 27.7 Å². The van der Waals surface area contributed by atoms with Crippen molar-refractivity contribution < 1.29 is 4.74 Å². The van der Waals surface area contributed by atoms with Gasteiger partial charge in [0.2, 0.25) is 0 Å². The van der Waals surface area contributed by atoms with Crippen LogP contribution in [0.5, 0.6) is 5.75 Å². The highest BCUT2D eigenvalue weighted by molar-refractivity contribution is 6.32. The van der Waals surface area contributed by atoms with Gasteiger partial charge in [0.1, 0.15) is 5.75 Å². The third-order valence-corrected chi connectivity index (χ3v) is 2.61. The van der Waals surface area contributed by atoms with Crippen molar-refractivity contribution in [3.05, 3.63) is 28.8 Å². The summed E-state index contributed by atoms with van der Waals surface area (Å²) in [7, 11) is 5.64. The summed E-state index contributed by atoms with van der Waals surface area (Å²) in [6, 6.07) is 5.91. The molecule has 1 aromatic rings. The van der Waals surface area contributed by atoms with Crippen molar-refractivity contribution in [2.45, 2.75) is 12.5 Å². The number of hydrogen-bond donors (Lipinski definition) is 1. The lowest BCUT2D eigenvalue weighted by Crippen LogP contribution is -2.34. The molecule has 0 aliphatic rings.